The number of carbonyl (C=O) groups is 1. The van der Waals surface area contributed by atoms with Gasteiger partial charge in [0.25, 0.3) is 5.91 Å². The Hall–Kier alpha value is -1.88. The Kier molecular flexibility index (Phi) is 3.22. The van der Waals surface area contributed by atoms with E-state index in [0.717, 1.165) is 29.6 Å². The number of aryl methyl sites for hydroxylation is 1. The Labute approximate surface area is 118 Å². The van der Waals surface area contributed by atoms with Gasteiger partial charge in [-0.25, -0.2) is 0 Å². The van der Waals surface area contributed by atoms with Gasteiger partial charge in [0, 0.05) is 24.5 Å². The number of rotatable bonds is 3. The largest absolute Gasteiger partial charge is 0.347 e. The van der Waals surface area contributed by atoms with Crippen molar-refractivity contribution in [2.45, 2.75) is 32.9 Å². The molecule has 1 aliphatic heterocycles. The lowest BCUT2D eigenvalue weighted by molar-refractivity contribution is 0.0715. The highest BCUT2D eigenvalue weighted by Gasteiger charge is 2.30. The Morgan fingerprint density at radius 3 is 2.90 bits per heavy atom. The van der Waals surface area contributed by atoms with Crippen molar-refractivity contribution in [1.82, 2.24) is 20.4 Å². The summed E-state index contributed by atoms with van der Waals surface area (Å²) in [6.45, 7) is 8.20. The van der Waals surface area contributed by atoms with E-state index in [4.69, 9.17) is 0 Å². The molecular weight excluding hydrogens is 252 g/mol. The molecule has 0 radical (unpaired) electrons. The van der Waals surface area contributed by atoms with Crippen LogP contribution in [0.2, 0.25) is 0 Å². The average molecular weight is 272 g/mol. The summed E-state index contributed by atoms with van der Waals surface area (Å²) in [5.74, 6) is -0.0173. The van der Waals surface area contributed by atoms with Crippen LogP contribution in [0.3, 0.4) is 0 Å². The van der Waals surface area contributed by atoms with E-state index >= 15 is 0 Å². The van der Waals surface area contributed by atoms with Crippen LogP contribution < -0.4 is 5.32 Å². The lowest BCUT2D eigenvalue weighted by atomic mass is 10.0. The molecule has 0 bridgehead atoms. The highest BCUT2D eigenvalue weighted by atomic mass is 16.1. The fourth-order valence-electron chi connectivity index (χ4n) is 2.68. The first-order chi connectivity index (χ1) is 9.54. The van der Waals surface area contributed by atoms with Gasteiger partial charge in [-0.15, -0.1) is 0 Å². The Bertz CT molecular complexity index is 640. The molecule has 1 saturated heterocycles. The maximum Gasteiger partial charge on any atom is 0.253 e. The van der Waals surface area contributed by atoms with Gasteiger partial charge in [-0.05, 0) is 38.5 Å². The van der Waals surface area contributed by atoms with Gasteiger partial charge in [-0.2, -0.15) is 5.10 Å². The molecule has 2 N–H and O–H groups in total. The van der Waals surface area contributed by atoms with E-state index in [2.05, 4.69) is 34.3 Å². The standard InChI is InChI=1S/C15H20N4O/c1-9(2)19-7-12(8-19)17-15(20)13-5-10(3)4-11-6-16-18-14(11)13/h4-6,9,12H,7-8H2,1-3H3,(H,16,18)(H,17,20). The first-order valence-corrected chi connectivity index (χ1v) is 7.03. The minimum Gasteiger partial charge on any atom is -0.347 e. The van der Waals surface area contributed by atoms with Crippen molar-refractivity contribution in [3.05, 3.63) is 29.5 Å². The van der Waals surface area contributed by atoms with E-state index in [-0.39, 0.29) is 11.9 Å². The van der Waals surface area contributed by atoms with E-state index in [1.54, 1.807) is 6.20 Å². The number of nitrogens with one attached hydrogen (secondary N) is 2. The summed E-state index contributed by atoms with van der Waals surface area (Å²) < 4.78 is 0. The highest BCUT2D eigenvalue weighted by molar-refractivity contribution is 6.05. The van der Waals surface area contributed by atoms with Gasteiger partial charge in [-0.3, -0.25) is 14.8 Å². The van der Waals surface area contributed by atoms with Crippen LogP contribution in [0.25, 0.3) is 10.9 Å². The molecule has 1 fully saturated rings. The van der Waals surface area contributed by atoms with Gasteiger partial charge in [0.15, 0.2) is 0 Å². The van der Waals surface area contributed by atoms with Gasteiger partial charge >= 0.3 is 0 Å². The summed E-state index contributed by atoms with van der Waals surface area (Å²) in [7, 11) is 0. The number of aromatic nitrogens is 2. The van der Waals surface area contributed by atoms with E-state index in [1.807, 2.05) is 19.1 Å². The third-order valence-corrected chi connectivity index (χ3v) is 3.91. The van der Waals surface area contributed by atoms with Crippen LogP contribution in [0, 0.1) is 6.92 Å². The third-order valence-electron chi connectivity index (χ3n) is 3.91. The predicted octanol–water partition coefficient (Wildman–Crippen LogP) is 1.69. The molecule has 3 rings (SSSR count). The van der Waals surface area contributed by atoms with Crippen molar-refractivity contribution in [2.24, 2.45) is 0 Å². The number of nitrogens with zero attached hydrogens (tertiary/aromatic N) is 2. The number of benzene rings is 1. The summed E-state index contributed by atoms with van der Waals surface area (Å²) in [4.78, 5) is 14.8. The zero-order valence-corrected chi connectivity index (χ0v) is 12.1. The molecule has 1 aromatic heterocycles. The zero-order valence-electron chi connectivity index (χ0n) is 12.1. The van der Waals surface area contributed by atoms with E-state index in [9.17, 15) is 4.79 Å². The van der Waals surface area contributed by atoms with Crippen molar-refractivity contribution in [3.63, 3.8) is 0 Å². The molecule has 0 saturated carbocycles. The summed E-state index contributed by atoms with van der Waals surface area (Å²) in [6, 6.07) is 4.73. The SMILES string of the molecule is Cc1cc(C(=O)NC2CN(C(C)C)C2)c2[nH]ncc2c1. The molecule has 5 heteroatoms. The van der Waals surface area contributed by atoms with Gasteiger partial charge < -0.3 is 5.32 Å². The number of aromatic amines is 1. The zero-order chi connectivity index (χ0) is 14.3. The van der Waals surface area contributed by atoms with Crippen LogP contribution in [0.1, 0.15) is 29.8 Å². The molecular formula is C15H20N4O. The average Bonchev–Trinajstić information content (AvgIpc) is 2.79. The molecule has 1 aliphatic rings. The van der Waals surface area contributed by atoms with Gasteiger partial charge in [0.05, 0.1) is 23.3 Å². The number of H-pyrrole nitrogens is 1. The van der Waals surface area contributed by atoms with Crippen LogP contribution in [0.4, 0.5) is 0 Å². The number of carbonyl (C=O) groups excluding carboxylic acids is 1. The van der Waals surface area contributed by atoms with Crippen molar-refractivity contribution < 1.29 is 4.79 Å². The molecule has 1 amide bonds. The second-order valence-corrected chi connectivity index (χ2v) is 5.86. The highest BCUT2D eigenvalue weighted by Crippen LogP contribution is 2.19. The molecule has 5 nitrogen and oxygen atoms in total. The van der Waals surface area contributed by atoms with Crippen LogP contribution in [0.15, 0.2) is 18.3 Å². The molecule has 20 heavy (non-hydrogen) atoms. The third kappa shape index (κ3) is 2.29. The van der Waals surface area contributed by atoms with Gasteiger partial charge in [0.1, 0.15) is 0 Å². The fourth-order valence-corrected chi connectivity index (χ4v) is 2.68. The molecule has 0 aliphatic carbocycles. The van der Waals surface area contributed by atoms with E-state index in [0.29, 0.717) is 11.6 Å². The lowest BCUT2D eigenvalue weighted by Gasteiger charge is -2.42. The molecule has 106 valence electrons. The molecule has 0 atom stereocenters. The first kappa shape index (κ1) is 13.1. The number of hydrogen-bond donors (Lipinski definition) is 2. The van der Waals surface area contributed by atoms with Crippen molar-refractivity contribution >= 4 is 16.8 Å². The maximum atomic E-state index is 12.4. The summed E-state index contributed by atoms with van der Waals surface area (Å²) >= 11 is 0. The predicted molar refractivity (Wildman–Crippen MR) is 78.8 cm³/mol. The Morgan fingerprint density at radius 2 is 2.20 bits per heavy atom. The van der Waals surface area contributed by atoms with Crippen molar-refractivity contribution in [2.75, 3.05) is 13.1 Å². The van der Waals surface area contributed by atoms with Crippen LogP contribution in [-0.2, 0) is 0 Å². The normalized spacial score (nSPS) is 16.6. The number of likely N-dealkylation sites (tertiary alicyclic amines) is 1. The second-order valence-electron chi connectivity index (χ2n) is 5.86. The molecule has 1 aromatic carbocycles. The van der Waals surface area contributed by atoms with Crippen molar-refractivity contribution in [1.29, 1.82) is 0 Å². The van der Waals surface area contributed by atoms with Crippen molar-refractivity contribution in [3.8, 4) is 0 Å². The number of fused-ring (bicyclic) bond motifs is 1. The topological polar surface area (TPSA) is 61.0 Å². The molecule has 0 spiro atoms. The number of amides is 1. The minimum absolute atomic E-state index is 0.0173. The lowest BCUT2D eigenvalue weighted by Crippen LogP contribution is -2.61. The van der Waals surface area contributed by atoms with E-state index < -0.39 is 0 Å². The Balaban J connectivity index is 1.75. The van der Waals surface area contributed by atoms with Gasteiger partial charge in [0.2, 0.25) is 0 Å². The summed E-state index contributed by atoms with van der Waals surface area (Å²) in [5.41, 5.74) is 2.56. The first-order valence-electron chi connectivity index (χ1n) is 7.03. The summed E-state index contributed by atoms with van der Waals surface area (Å²) in [6.07, 6.45) is 1.75. The number of hydrogen-bond acceptors (Lipinski definition) is 3. The molecule has 2 heterocycles. The monoisotopic (exact) mass is 272 g/mol. The van der Waals surface area contributed by atoms with Crippen LogP contribution in [0.5, 0.6) is 0 Å². The Morgan fingerprint density at radius 1 is 1.45 bits per heavy atom. The van der Waals surface area contributed by atoms with Crippen LogP contribution >= 0.6 is 0 Å². The van der Waals surface area contributed by atoms with Crippen LogP contribution in [-0.4, -0.2) is 46.2 Å². The smallest absolute Gasteiger partial charge is 0.253 e. The summed E-state index contributed by atoms with van der Waals surface area (Å²) in [5, 5.41) is 11.0. The fraction of sp³-hybridized carbons (Fsp3) is 0.467. The molecule has 0 unspecified atom stereocenters. The second kappa shape index (κ2) is 4.90. The minimum atomic E-state index is -0.0173. The van der Waals surface area contributed by atoms with E-state index in [1.165, 1.54) is 0 Å². The van der Waals surface area contributed by atoms with Gasteiger partial charge in [-0.1, -0.05) is 0 Å². The molecule has 2 aromatic rings. The quantitative estimate of drug-likeness (QED) is 0.894. The maximum absolute atomic E-state index is 12.4.